The van der Waals surface area contributed by atoms with Gasteiger partial charge < -0.3 is 4.98 Å². The van der Waals surface area contributed by atoms with Crippen LogP contribution in [0.1, 0.15) is 26.5 Å². The second kappa shape index (κ2) is 5.55. The van der Waals surface area contributed by atoms with Crippen LogP contribution in [-0.4, -0.2) is 14.9 Å². The standard InChI is InChI=1S/C14H14IN3O3/c1-14(2,3)11-10(15)13(19)17-12(16-11)8-4-6-9(7-5-8)18(20)21/h4-7H,1-3H3,(H,16,17,19). The summed E-state index contributed by atoms with van der Waals surface area (Å²) in [6, 6.07) is 5.94. The second-order valence-electron chi connectivity index (χ2n) is 5.63. The number of nitro groups is 1. The maximum atomic E-state index is 12.0. The average molecular weight is 399 g/mol. The highest BCUT2D eigenvalue weighted by molar-refractivity contribution is 14.1. The van der Waals surface area contributed by atoms with E-state index < -0.39 is 4.92 Å². The molecular weight excluding hydrogens is 385 g/mol. The summed E-state index contributed by atoms with van der Waals surface area (Å²) in [5, 5.41) is 10.7. The number of rotatable bonds is 2. The van der Waals surface area contributed by atoms with Crippen LogP contribution >= 0.6 is 22.6 Å². The van der Waals surface area contributed by atoms with Gasteiger partial charge in [-0.2, -0.15) is 0 Å². The molecule has 0 amide bonds. The molecule has 0 bridgehead atoms. The molecule has 0 atom stereocenters. The maximum Gasteiger partial charge on any atom is 0.269 e. The van der Waals surface area contributed by atoms with E-state index in [4.69, 9.17) is 0 Å². The Kier molecular flexibility index (Phi) is 4.13. The molecule has 0 fully saturated rings. The molecule has 1 N–H and O–H groups in total. The number of non-ortho nitro benzene ring substituents is 1. The minimum absolute atomic E-state index is 0.00246. The van der Waals surface area contributed by atoms with Crippen molar-refractivity contribution < 1.29 is 4.92 Å². The lowest BCUT2D eigenvalue weighted by atomic mass is 9.92. The van der Waals surface area contributed by atoms with Gasteiger partial charge in [0.15, 0.2) is 0 Å². The highest BCUT2D eigenvalue weighted by Gasteiger charge is 2.22. The zero-order valence-electron chi connectivity index (χ0n) is 11.8. The number of H-pyrrole nitrogens is 1. The van der Waals surface area contributed by atoms with E-state index >= 15 is 0 Å². The summed E-state index contributed by atoms with van der Waals surface area (Å²) in [5.74, 6) is 0.417. The fourth-order valence-electron chi connectivity index (χ4n) is 1.83. The predicted octanol–water partition coefficient (Wildman–Crippen LogP) is 3.25. The second-order valence-corrected chi connectivity index (χ2v) is 6.71. The number of nitro benzene ring substituents is 1. The molecule has 1 aromatic carbocycles. The number of nitrogens with one attached hydrogen (secondary N) is 1. The summed E-state index contributed by atoms with van der Waals surface area (Å²) in [6.45, 7) is 5.95. The number of aromatic amines is 1. The van der Waals surface area contributed by atoms with Crippen LogP contribution in [-0.2, 0) is 5.41 Å². The molecule has 0 aliphatic heterocycles. The van der Waals surface area contributed by atoms with Crippen LogP contribution in [0.5, 0.6) is 0 Å². The first-order chi connectivity index (χ1) is 9.70. The highest BCUT2D eigenvalue weighted by Crippen LogP contribution is 2.26. The number of aromatic nitrogens is 2. The molecule has 1 aromatic heterocycles. The van der Waals surface area contributed by atoms with Crippen molar-refractivity contribution in [1.29, 1.82) is 0 Å². The molecule has 0 aliphatic rings. The Balaban J connectivity index is 2.57. The number of halogens is 1. The van der Waals surface area contributed by atoms with Gasteiger partial charge in [0.05, 0.1) is 10.6 Å². The number of benzene rings is 1. The van der Waals surface area contributed by atoms with E-state index in [1.54, 1.807) is 12.1 Å². The Bertz CT molecular complexity index is 746. The quantitative estimate of drug-likeness (QED) is 0.477. The molecule has 2 rings (SSSR count). The molecule has 1 heterocycles. The molecule has 0 radical (unpaired) electrons. The van der Waals surface area contributed by atoms with Crippen LogP contribution < -0.4 is 5.56 Å². The van der Waals surface area contributed by atoms with Gasteiger partial charge in [-0.25, -0.2) is 4.98 Å². The summed E-state index contributed by atoms with van der Waals surface area (Å²) in [7, 11) is 0. The van der Waals surface area contributed by atoms with Crippen molar-refractivity contribution in [3.05, 3.63) is 54.0 Å². The van der Waals surface area contributed by atoms with Crippen LogP contribution in [0.25, 0.3) is 11.4 Å². The zero-order chi connectivity index (χ0) is 15.8. The van der Waals surface area contributed by atoms with Crippen molar-refractivity contribution >= 4 is 28.3 Å². The normalized spacial score (nSPS) is 11.4. The summed E-state index contributed by atoms with van der Waals surface area (Å²) in [5.41, 5.74) is 0.881. The molecule has 0 aliphatic carbocycles. The maximum absolute atomic E-state index is 12.0. The van der Waals surface area contributed by atoms with Gasteiger partial charge in [-0.05, 0) is 34.7 Å². The van der Waals surface area contributed by atoms with Gasteiger partial charge in [0.25, 0.3) is 11.2 Å². The molecule has 0 spiro atoms. The van der Waals surface area contributed by atoms with Crippen molar-refractivity contribution in [2.24, 2.45) is 0 Å². The fraction of sp³-hybridized carbons (Fsp3) is 0.286. The van der Waals surface area contributed by atoms with Crippen LogP contribution in [0.15, 0.2) is 29.1 Å². The lowest BCUT2D eigenvalue weighted by molar-refractivity contribution is -0.384. The third kappa shape index (κ3) is 3.29. The fourth-order valence-corrected chi connectivity index (χ4v) is 2.90. The van der Waals surface area contributed by atoms with Crippen molar-refractivity contribution in [2.45, 2.75) is 26.2 Å². The average Bonchev–Trinajstić information content (AvgIpc) is 2.40. The predicted molar refractivity (Wildman–Crippen MR) is 88.4 cm³/mol. The zero-order valence-corrected chi connectivity index (χ0v) is 14.0. The Labute approximate surface area is 134 Å². The first kappa shape index (κ1) is 15.6. The van der Waals surface area contributed by atoms with Gasteiger partial charge in [0, 0.05) is 23.1 Å². The highest BCUT2D eigenvalue weighted by atomic mass is 127. The van der Waals surface area contributed by atoms with Crippen LogP contribution in [0.2, 0.25) is 0 Å². The summed E-state index contributed by atoms with van der Waals surface area (Å²) < 4.78 is 0.561. The van der Waals surface area contributed by atoms with Crippen molar-refractivity contribution in [2.75, 3.05) is 0 Å². The molecule has 7 heteroatoms. The van der Waals surface area contributed by atoms with Crippen molar-refractivity contribution in [1.82, 2.24) is 9.97 Å². The smallest absolute Gasteiger partial charge is 0.269 e. The number of hydrogen-bond acceptors (Lipinski definition) is 4. The summed E-state index contributed by atoms with van der Waals surface area (Å²) in [6.07, 6.45) is 0. The summed E-state index contributed by atoms with van der Waals surface area (Å²) >= 11 is 1.98. The van der Waals surface area contributed by atoms with Crippen LogP contribution in [0.3, 0.4) is 0 Å². The number of nitrogens with zero attached hydrogens (tertiary/aromatic N) is 2. The van der Waals surface area contributed by atoms with E-state index in [1.165, 1.54) is 12.1 Å². The molecule has 2 aromatic rings. The van der Waals surface area contributed by atoms with E-state index in [0.717, 1.165) is 0 Å². The van der Waals surface area contributed by atoms with E-state index in [1.807, 2.05) is 43.4 Å². The lowest BCUT2D eigenvalue weighted by Crippen LogP contribution is -2.24. The van der Waals surface area contributed by atoms with E-state index in [9.17, 15) is 14.9 Å². The van der Waals surface area contributed by atoms with Gasteiger partial charge in [-0.15, -0.1) is 0 Å². The minimum atomic E-state index is -0.464. The summed E-state index contributed by atoms with van der Waals surface area (Å²) in [4.78, 5) is 29.5. The lowest BCUT2D eigenvalue weighted by Gasteiger charge is -2.19. The van der Waals surface area contributed by atoms with Crippen molar-refractivity contribution in [3.63, 3.8) is 0 Å². The number of hydrogen-bond donors (Lipinski definition) is 1. The molecular formula is C14H14IN3O3. The third-order valence-electron chi connectivity index (χ3n) is 2.92. The van der Waals surface area contributed by atoms with Crippen LogP contribution in [0.4, 0.5) is 5.69 Å². The van der Waals surface area contributed by atoms with E-state index in [-0.39, 0.29) is 16.7 Å². The molecule has 21 heavy (non-hydrogen) atoms. The third-order valence-corrected chi connectivity index (χ3v) is 3.93. The van der Waals surface area contributed by atoms with Gasteiger partial charge in [0.1, 0.15) is 9.39 Å². The van der Waals surface area contributed by atoms with Crippen LogP contribution in [0, 0.1) is 13.7 Å². The van der Waals surface area contributed by atoms with Gasteiger partial charge in [-0.1, -0.05) is 20.8 Å². The largest absolute Gasteiger partial charge is 0.306 e. The first-order valence-corrected chi connectivity index (χ1v) is 7.33. The molecule has 0 saturated carbocycles. The molecule has 0 unspecified atom stereocenters. The van der Waals surface area contributed by atoms with Gasteiger partial charge in [-0.3, -0.25) is 14.9 Å². The van der Waals surface area contributed by atoms with E-state index in [2.05, 4.69) is 9.97 Å². The molecule has 110 valence electrons. The topological polar surface area (TPSA) is 88.9 Å². The Morgan fingerprint density at radius 1 is 1.24 bits per heavy atom. The van der Waals surface area contributed by atoms with Gasteiger partial charge in [0.2, 0.25) is 0 Å². The first-order valence-electron chi connectivity index (χ1n) is 6.25. The SMILES string of the molecule is CC(C)(C)c1nc(-c2ccc([N+](=O)[O-])cc2)[nH]c(=O)c1I. The monoisotopic (exact) mass is 399 g/mol. The van der Waals surface area contributed by atoms with Gasteiger partial charge >= 0.3 is 0 Å². The molecule has 6 nitrogen and oxygen atoms in total. The Morgan fingerprint density at radius 2 is 1.81 bits per heavy atom. The molecule has 0 saturated heterocycles. The Morgan fingerprint density at radius 3 is 2.29 bits per heavy atom. The van der Waals surface area contributed by atoms with E-state index in [0.29, 0.717) is 20.7 Å². The Hall–Kier alpha value is -1.77. The van der Waals surface area contributed by atoms with Crippen molar-refractivity contribution in [3.8, 4) is 11.4 Å². The minimum Gasteiger partial charge on any atom is -0.306 e.